The molecule has 0 aliphatic rings. The Kier molecular flexibility index (Phi) is 5.12. The molecule has 0 aliphatic heterocycles. The van der Waals surface area contributed by atoms with Crippen LogP contribution in [0.15, 0.2) is 54.9 Å². The summed E-state index contributed by atoms with van der Waals surface area (Å²) in [5.74, 6) is -0.748. The highest BCUT2D eigenvalue weighted by Gasteiger charge is 2.08. The predicted octanol–water partition coefficient (Wildman–Crippen LogP) is 2.95. The first-order chi connectivity index (χ1) is 9.75. The van der Waals surface area contributed by atoms with Crippen molar-refractivity contribution in [1.29, 1.82) is 0 Å². The monoisotopic (exact) mass is 270 g/mol. The van der Waals surface area contributed by atoms with E-state index >= 15 is 0 Å². The van der Waals surface area contributed by atoms with E-state index in [1.165, 1.54) is 5.56 Å². The lowest BCUT2D eigenvalue weighted by atomic mass is 10.2. The molecule has 0 amide bonds. The molecule has 0 saturated carbocycles. The van der Waals surface area contributed by atoms with E-state index in [9.17, 15) is 4.79 Å². The maximum atomic E-state index is 10.6. The molecule has 0 unspecified atom stereocenters. The Balaban J connectivity index is 2.06. The van der Waals surface area contributed by atoms with Crippen LogP contribution in [0, 0.1) is 0 Å². The van der Waals surface area contributed by atoms with E-state index < -0.39 is 5.97 Å². The SMILES string of the molecule is O=C(O)CCCN(Cc1ccncc1)c1ccccc1. The van der Waals surface area contributed by atoms with E-state index in [-0.39, 0.29) is 6.42 Å². The van der Waals surface area contributed by atoms with Crippen LogP contribution < -0.4 is 4.90 Å². The van der Waals surface area contributed by atoms with Crippen LogP contribution in [0.25, 0.3) is 0 Å². The highest BCUT2D eigenvalue weighted by molar-refractivity contribution is 5.66. The quantitative estimate of drug-likeness (QED) is 0.840. The van der Waals surface area contributed by atoms with Crippen LogP contribution in [0.2, 0.25) is 0 Å². The van der Waals surface area contributed by atoms with Crippen molar-refractivity contribution in [1.82, 2.24) is 4.98 Å². The average Bonchev–Trinajstić information content (AvgIpc) is 2.48. The summed E-state index contributed by atoms with van der Waals surface area (Å²) >= 11 is 0. The maximum absolute atomic E-state index is 10.6. The zero-order chi connectivity index (χ0) is 14.2. The molecule has 0 aliphatic carbocycles. The number of rotatable bonds is 7. The number of anilines is 1. The molecule has 0 radical (unpaired) electrons. The third-order valence-electron chi connectivity index (χ3n) is 3.06. The number of para-hydroxylation sites is 1. The summed E-state index contributed by atoms with van der Waals surface area (Å²) in [4.78, 5) is 16.9. The Morgan fingerprint density at radius 2 is 1.80 bits per heavy atom. The lowest BCUT2D eigenvalue weighted by molar-refractivity contribution is -0.137. The molecule has 2 rings (SSSR count). The van der Waals surface area contributed by atoms with Gasteiger partial charge in [0.1, 0.15) is 0 Å². The molecule has 1 aromatic heterocycles. The van der Waals surface area contributed by atoms with Crippen LogP contribution >= 0.6 is 0 Å². The van der Waals surface area contributed by atoms with Crippen LogP contribution in [-0.4, -0.2) is 22.6 Å². The third-order valence-corrected chi connectivity index (χ3v) is 3.06. The van der Waals surface area contributed by atoms with Crippen LogP contribution in [0.5, 0.6) is 0 Å². The number of aromatic nitrogens is 1. The average molecular weight is 270 g/mol. The summed E-state index contributed by atoms with van der Waals surface area (Å²) in [5, 5.41) is 8.76. The third kappa shape index (κ3) is 4.39. The van der Waals surface area contributed by atoms with E-state index in [4.69, 9.17) is 5.11 Å². The molecular weight excluding hydrogens is 252 g/mol. The molecule has 0 atom stereocenters. The van der Waals surface area contributed by atoms with Gasteiger partial charge in [-0.25, -0.2) is 0 Å². The number of nitrogens with zero attached hydrogens (tertiary/aromatic N) is 2. The molecule has 4 nitrogen and oxygen atoms in total. The van der Waals surface area contributed by atoms with Gasteiger partial charge in [-0.05, 0) is 36.2 Å². The van der Waals surface area contributed by atoms with Gasteiger partial charge in [-0.1, -0.05) is 18.2 Å². The van der Waals surface area contributed by atoms with Crippen molar-refractivity contribution in [2.24, 2.45) is 0 Å². The van der Waals surface area contributed by atoms with Crippen molar-refractivity contribution in [3.8, 4) is 0 Å². The zero-order valence-corrected chi connectivity index (χ0v) is 11.3. The fraction of sp³-hybridized carbons (Fsp3) is 0.250. The number of hydrogen-bond acceptors (Lipinski definition) is 3. The number of aliphatic carboxylic acids is 1. The Morgan fingerprint density at radius 3 is 2.45 bits per heavy atom. The Labute approximate surface area is 118 Å². The van der Waals surface area contributed by atoms with E-state index in [0.717, 1.165) is 18.8 Å². The minimum absolute atomic E-state index is 0.194. The first-order valence-electron chi connectivity index (χ1n) is 6.66. The van der Waals surface area contributed by atoms with Gasteiger partial charge in [-0.2, -0.15) is 0 Å². The summed E-state index contributed by atoms with van der Waals surface area (Å²) in [6.45, 7) is 1.48. The fourth-order valence-electron chi connectivity index (χ4n) is 2.07. The van der Waals surface area contributed by atoms with E-state index in [1.807, 2.05) is 42.5 Å². The summed E-state index contributed by atoms with van der Waals surface area (Å²) in [5.41, 5.74) is 2.27. The molecule has 0 fully saturated rings. The lowest BCUT2D eigenvalue weighted by Crippen LogP contribution is -2.24. The highest BCUT2D eigenvalue weighted by atomic mass is 16.4. The molecule has 1 heterocycles. The van der Waals surface area contributed by atoms with Gasteiger partial charge in [0.05, 0.1) is 0 Å². The maximum Gasteiger partial charge on any atom is 0.303 e. The van der Waals surface area contributed by atoms with Crippen molar-refractivity contribution in [2.75, 3.05) is 11.4 Å². The second-order valence-corrected chi connectivity index (χ2v) is 4.61. The van der Waals surface area contributed by atoms with Crippen molar-refractivity contribution in [3.05, 3.63) is 60.4 Å². The van der Waals surface area contributed by atoms with Gasteiger partial charge in [-0.3, -0.25) is 9.78 Å². The predicted molar refractivity (Wildman–Crippen MR) is 78.6 cm³/mol. The lowest BCUT2D eigenvalue weighted by Gasteiger charge is -2.24. The summed E-state index contributed by atoms with van der Waals surface area (Å²) < 4.78 is 0. The van der Waals surface area contributed by atoms with Gasteiger partial charge >= 0.3 is 5.97 Å². The zero-order valence-electron chi connectivity index (χ0n) is 11.3. The number of carboxylic acid groups (broad SMARTS) is 1. The standard InChI is InChI=1S/C16H18N2O2/c19-16(20)7-4-12-18(15-5-2-1-3-6-15)13-14-8-10-17-11-9-14/h1-3,5-6,8-11H,4,7,12-13H2,(H,19,20). The number of benzene rings is 1. The van der Waals surface area contributed by atoms with Crippen molar-refractivity contribution in [2.45, 2.75) is 19.4 Å². The van der Waals surface area contributed by atoms with E-state index in [2.05, 4.69) is 9.88 Å². The molecule has 1 N–H and O–H groups in total. The Bertz CT molecular complexity index is 529. The van der Waals surface area contributed by atoms with Crippen molar-refractivity contribution in [3.63, 3.8) is 0 Å². The first kappa shape index (κ1) is 14.1. The van der Waals surface area contributed by atoms with Crippen LogP contribution in [0.1, 0.15) is 18.4 Å². The second kappa shape index (κ2) is 7.28. The molecule has 104 valence electrons. The van der Waals surface area contributed by atoms with Crippen molar-refractivity contribution < 1.29 is 9.90 Å². The molecule has 20 heavy (non-hydrogen) atoms. The number of pyridine rings is 1. The smallest absolute Gasteiger partial charge is 0.303 e. The molecule has 0 saturated heterocycles. The number of carbonyl (C=O) groups is 1. The minimum atomic E-state index is -0.748. The Morgan fingerprint density at radius 1 is 1.10 bits per heavy atom. The number of hydrogen-bond donors (Lipinski definition) is 1. The molecule has 0 bridgehead atoms. The molecule has 4 heteroatoms. The van der Waals surface area contributed by atoms with Crippen molar-refractivity contribution >= 4 is 11.7 Å². The van der Waals surface area contributed by atoms with Gasteiger partial charge < -0.3 is 10.0 Å². The normalized spacial score (nSPS) is 10.2. The molecule has 2 aromatic rings. The highest BCUT2D eigenvalue weighted by Crippen LogP contribution is 2.17. The molecular formula is C16H18N2O2. The fourth-order valence-corrected chi connectivity index (χ4v) is 2.07. The van der Waals surface area contributed by atoms with E-state index in [0.29, 0.717) is 6.42 Å². The topological polar surface area (TPSA) is 53.4 Å². The summed E-state index contributed by atoms with van der Waals surface area (Å²) in [6.07, 6.45) is 4.38. The van der Waals surface area contributed by atoms with Crippen LogP contribution in [0.3, 0.4) is 0 Å². The summed E-state index contributed by atoms with van der Waals surface area (Å²) in [6, 6.07) is 14.0. The van der Waals surface area contributed by atoms with Gasteiger partial charge in [0, 0.05) is 37.6 Å². The number of carboxylic acids is 1. The summed E-state index contributed by atoms with van der Waals surface area (Å²) in [7, 11) is 0. The van der Waals surface area contributed by atoms with Gasteiger partial charge in [-0.15, -0.1) is 0 Å². The van der Waals surface area contributed by atoms with E-state index in [1.54, 1.807) is 12.4 Å². The van der Waals surface area contributed by atoms with Gasteiger partial charge in [0.2, 0.25) is 0 Å². The minimum Gasteiger partial charge on any atom is -0.481 e. The Hall–Kier alpha value is -2.36. The van der Waals surface area contributed by atoms with Crippen LogP contribution in [0.4, 0.5) is 5.69 Å². The molecule has 0 spiro atoms. The van der Waals surface area contributed by atoms with Gasteiger partial charge in [0.25, 0.3) is 0 Å². The van der Waals surface area contributed by atoms with Gasteiger partial charge in [0.15, 0.2) is 0 Å². The first-order valence-corrected chi connectivity index (χ1v) is 6.66. The largest absolute Gasteiger partial charge is 0.481 e. The second-order valence-electron chi connectivity index (χ2n) is 4.61. The van der Waals surface area contributed by atoms with Crippen LogP contribution in [-0.2, 0) is 11.3 Å². The molecule has 1 aromatic carbocycles.